The Morgan fingerprint density at radius 2 is 1.91 bits per heavy atom. The Kier molecular flexibility index (Phi) is 4.73. The van der Waals surface area contributed by atoms with Crippen LogP contribution in [-0.4, -0.2) is 21.4 Å². The molecule has 0 saturated carbocycles. The number of carbonyl (C=O) groups is 2. The molecule has 1 fully saturated rings. The van der Waals surface area contributed by atoms with E-state index in [9.17, 15) is 9.59 Å². The van der Waals surface area contributed by atoms with Crippen molar-refractivity contribution in [2.45, 2.75) is 18.8 Å². The lowest BCUT2D eigenvalue weighted by Gasteiger charge is -2.15. The van der Waals surface area contributed by atoms with Crippen LogP contribution in [0.25, 0.3) is 0 Å². The van der Waals surface area contributed by atoms with E-state index in [4.69, 9.17) is 0 Å². The van der Waals surface area contributed by atoms with Gasteiger partial charge in [-0.1, -0.05) is 40.2 Å². The van der Waals surface area contributed by atoms with Crippen LogP contribution in [0.3, 0.4) is 0 Å². The average molecular weight is 391 g/mol. The van der Waals surface area contributed by atoms with Gasteiger partial charge in [0.05, 0.1) is 6.54 Å². The molecule has 6 heteroatoms. The number of anilines is 1. The van der Waals surface area contributed by atoms with Crippen LogP contribution < -0.4 is 5.32 Å². The van der Waals surface area contributed by atoms with Crippen LogP contribution in [0.5, 0.6) is 0 Å². The van der Waals surface area contributed by atoms with E-state index in [1.165, 1.54) is 4.90 Å². The molecule has 1 aliphatic rings. The van der Waals surface area contributed by atoms with Crippen LogP contribution >= 0.6 is 27.7 Å². The molecule has 4 nitrogen and oxygen atoms in total. The van der Waals surface area contributed by atoms with Crippen molar-refractivity contribution < 1.29 is 9.59 Å². The fraction of sp³-hybridized carbons (Fsp3) is 0.176. The van der Waals surface area contributed by atoms with Gasteiger partial charge in [-0.3, -0.25) is 14.5 Å². The van der Waals surface area contributed by atoms with Crippen molar-refractivity contribution in [3.8, 4) is 0 Å². The fourth-order valence-electron chi connectivity index (χ4n) is 2.34. The minimum atomic E-state index is -0.570. The second kappa shape index (κ2) is 6.76. The Balaban J connectivity index is 1.71. The maximum Gasteiger partial charge on any atom is 0.291 e. The third-order valence-electron chi connectivity index (χ3n) is 3.50. The summed E-state index contributed by atoms with van der Waals surface area (Å²) in [7, 11) is 0. The molecule has 0 radical (unpaired) electrons. The lowest BCUT2D eigenvalue weighted by atomic mass is 10.2. The minimum Gasteiger partial charge on any atom is -0.365 e. The number of imide groups is 1. The molecule has 2 amide bonds. The van der Waals surface area contributed by atoms with Gasteiger partial charge in [0, 0.05) is 10.2 Å². The van der Waals surface area contributed by atoms with Crippen molar-refractivity contribution in [1.82, 2.24) is 4.90 Å². The van der Waals surface area contributed by atoms with Gasteiger partial charge in [0.1, 0.15) is 0 Å². The SMILES string of the molecule is Cc1cccc(NC2SC(=O)N(Cc3ccc(Br)cc3)C2=O)c1. The molecule has 1 atom stereocenters. The summed E-state index contributed by atoms with van der Waals surface area (Å²) in [6, 6.07) is 15.3. The summed E-state index contributed by atoms with van der Waals surface area (Å²) in [5.74, 6) is -0.204. The van der Waals surface area contributed by atoms with E-state index in [0.717, 1.165) is 33.0 Å². The smallest absolute Gasteiger partial charge is 0.291 e. The summed E-state index contributed by atoms with van der Waals surface area (Å²) in [6.45, 7) is 2.28. The zero-order valence-corrected chi connectivity index (χ0v) is 14.9. The van der Waals surface area contributed by atoms with Gasteiger partial charge in [0.25, 0.3) is 11.1 Å². The maximum absolute atomic E-state index is 12.5. The van der Waals surface area contributed by atoms with Gasteiger partial charge in [-0.2, -0.15) is 0 Å². The first kappa shape index (κ1) is 16.1. The predicted octanol–water partition coefficient (Wildman–Crippen LogP) is 4.39. The lowest BCUT2D eigenvalue weighted by Crippen LogP contribution is -2.33. The number of aryl methyl sites for hydroxylation is 1. The molecule has 1 saturated heterocycles. The third-order valence-corrected chi connectivity index (χ3v) is 5.01. The van der Waals surface area contributed by atoms with Crippen LogP contribution in [0.2, 0.25) is 0 Å². The first-order valence-corrected chi connectivity index (χ1v) is 8.80. The number of hydrogen-bond acceptors (Lipinski definition) is 4. The largest absolute Gasteiger partial charge is 0.365 e. The molecule has 1 N–H and O–H groups in total. The zero-order valence-electron chi connectivity index (χ0n) is 12.5. The van der Waals surface area contributed by atoms with E-state index < -0.39 is 5.37 Å². The summed E-state index contributed by atoms with van der Waals surface area (Å²) in [6.07, 6.45) is 0. The molecule has 1 unspecified atom stereocenters. The molecule has 0 aliphatic carbocycles. The Labute approximate surface area is 147 Å². The first-order chi connectivity index (χ1) is 11.0. The van der Waals surface area contributed by atoms with Gasteiger partial charge < -0.3 is 5.32 Å². The van der Waals surface area contributed by atoms with Crippen molar-refractivity contribution in [2.75, 3.05) is 5.32 Å². The highest BCUT2D eigenvalue weighted by Gasteiger charge is 2.39. The van der Waals surface area contributed by atoms with E-state index in [2.05, 4.69) is 21.2 Å². The van der Waals surface area contributed by atoms with Gasteiger partial charge >= 0.3 is 0 Å². The highest BCUT2D eigenvalue weighted by Crippen LogP contribution is 2.29. The molecule has 0 spiro atoms. The third kappa shape index (κ3) is 3.76. The van der Waals surface area contributed by atoms with Crippen LogP contribution in [0.1, 0.15) is 11.1 Å². The van der Waals surface area contributed by atoms with Gasteiger partial charge in [-0.05, 0) is 54.1 Å². The van der Waals surface area contributed by atoms with Crippen molar-refractivity contribution >= 4 is 44.5 Å². The number of halogens is 1. The average Bonchev–Trinajstić information content (AvgIpc) is 2.77. The monoisotopic (exact) mass is 390 g/mol. The summed E-state index contributed by atoms with van der Waals surface area (Å²) in [5.41, 5.74) is 2.87. The second-order valence-corrected chi connectivity index (χ2v) is 7.30. The molecule has 2 aromatic carbocycles. The maximum atomic E-state index is 12.5. The Hall–Kier alpha value is -1.79. The molecule has 2 aromatic rings. The summed E-state index contributed by atoms with van der Waals surface area (Å²) < 4.78 is 0.966. The van der Waals surface area contributed by atoms with Crippen LogP contribution in [0, 0.1) is 6.92 Å². The summed E-state index contributed by atoms with van der Waals surface area (Å²) in [5, 5.41) is 2.34. The van der Waals surface area contributed by atoms with Crippen LogP contribution in [0.4, 0.5) is 10.5 Å². The lowest BCUT2D eigenvalue weighted by molar-refractivity contribution is -0.126. The second-order valence-electron chi connectivity index (χ2n) is 5.33. The number of benzene rings is 2. The number of carbonyl (C=O) groups excluding carboxylic acids is 2. The van der Waals surface area contributed by atoms with Crippen LogP contribution in [0.15, 0.2) is 53.0 Å². The topological polar surface area (TPSA) is 49.4 Å². The number of amides is 2. The summed E-state index contributed by atoms with van der Waals surface area (Å²) in [4.78, 5) is 25.9. The standard InChI is InChI=1S/C17H15BrN2O2S/c1-11-3-2-4-14(9-11)19-15-16(21)20(17(22)23-15)10-12-5-7-13(18)8-6-12/h2-9,15,19H,10H2,1H3. The van der Waals surface area contributed by atoms with Gasteiger partial charge in [-0.25, -0.2) is 0 Å². The molecule has 0 bridgehead atoms. The Bertz CT molecular complexity index is 749. The van der Waals surface area contributed by atoms with E-state index >= 15 is 0 Å². The van der Waals surface area contributed by atoms with E-state index in [-0.39, 0.29) is 11.1 Å². The normalized spacial score (nSPS) is 17.7. The molecule has 1 heterocycles. The zero-order chi connectivity index (χ0) is 16.4. The number of nitrogens with zero attached hydrogens (tertiary/aromatic N) is 1. The molecule has 3 rings (SSSR count). The molecule has 0 aromatic heterocycles. The number of nitrogens with one attached hydrogen (secondary N) is 1. The Morgan fingerprint density at radius 1 is 1.17 bits per heavy atom. The van der Waals surface area contributed by atoms with Crippen molar-refractivity contribution in [3.05, 3.63) is 64.1 Å². The van der Waals surface area contributed by atoms with E-state index in [0.29, 0.717) is 6.54 Å². The van der Waals surface area contributed by atoms with E-state index in [1.807, 2.05) is 55.5 Å². The molecule has 118 valence electrons. The first-order valence-electron chi connectivity index (χ1n) is 7.12. The fourth-order valence-corrected chi connectivity index (χ4v) is 3.51. The molecular weight excluding hydrogens is 376 g/mol. The van der Waals surface area contributed by atoms with Crippen molar-refractivity contribution in [2.24, 2.45) is 0 Å². The number of hydrogen-bond donors (Lipinski definition) is 1. The number of rotatable bonds is 4. The Morgan fingerprint density at radius 3 is 2.61 bits per heavy atom. The van der Waals surface area contributed by atoms with Gasteiger partial charge in [0.2, 0.25) is 0 Å². The highest BCUT2D eigenvalue weighted by molar-refractivity contribution is 9.10. The van der Waals surface area contributed by atoms with E-state index in [1.54, 1.807) is 0 Å². The van der Waals surface area contributed by atoms with Gasteiger partial charge in [-0.15, -0.1) is 0 Å². The van der Waals surface area contributed by atoms with Crippen LogP contribution in [-0.2, 0) is 11.3 Å². The molecular formula is C17H15BrN2O2S. The quantitative estimate of drug-likeness (QED) is 0.840. The van der Waals surface area contributed by atoms with Gasteiger partial charge in [0.15, 0.2) is 5.37 Å². The summed E-state index contributed by atoms with van der Waals surface area (Å²) >= 11 is 4.39. The molecule has 23 heavy (non-hydrogen) atoms. The van der Waals surface area contributed by atoms with Crippen molar-refractivity contribution in [3.63, 3.8) is 0 Å². The predicted molar refractivity (Wildman–Crippen MR) is 96.3 cm³/mol. The minimum absolute atomic E-state index is 0.204. The molecule has 1 aliphatic heterocycles. The van der Waals surface area contributed by atoms with Crippen molar-refractivity contribution in [1.29, 1.82) is 0 Å². The highest BCUT2D eigenvalue weighted by atomic mass is 79.9. The number of thioether (sulfide) groups is 1.